The minimum Gasteiger partial charge on any atom is -0.266 e. The van der Waals surface area contributed by atoms with Gasteiger partial charge in [-0.1, -0.05) is 0 Å². The molecule has 14 heavy (non-hydrogen) atoms. The van der Waals surface area contributed by atoms with Crippen molar-refractivity contribution in [2.75, 3.05) is 6.61 Å². The molecule has 1 heterocycles. The van der Waals surface area contributed by atoms with Crippen molar-refractivity contribution in [2.24, 2.45) is 0 Å². The van der Waals surface area contributed by atoms with Crippen LogP contribution in [-0.4, -0.2) is 33.6 Å². The molecule has 1 aliphatic heterocycles. The van der Waals surface area contributed by atoms with Crippen molar-refractivity contribution < 1.29 is 25.2 Å². The Morgan fingerprint density at radius 2 is 1.64 bits per heavy atom. The zero-order valence-electron chi connectivity index (χ0n) is 8.05. The van der Waals surface area contributed by atoms with E-state index in [1.165, 1.54) is 6.92 Å². The van der Waals surface area contributed by atoms with Crippen molar-refractivity contribution in [3.05, 3.63) is 0 Å². The van der Waals surface area contributed by atoms with Gasteiger partial charge in [0.1, 0.15) is 0 Å². The highest BCUT2D eigenvalue weighted by Gasteiger charge is 2.51. The molecule has 0 radical (unpaired) electrons. The van der Waals surface area contributed by atoms with E-state index in [0.29, 0.717) is 0 Å². The van der Waals surface area contributed by atoms with E-state index in [9.17, 15) is 16.8 Å². The predicted molar refractivity (Wildman–Crippen MR) is 48.4 cm³/mol. The SMILES string of the molecule is CC1COS(=O)(=O)C(C)(C)S(=O)(=O)O1. The summed E-state index contributed by atoms with van der Waals surface area (Å²) in [7, 11) is -8.32. The van der Waals surface area contributed by atoms with Gasteiger partial charge in [-0.25, -0.2) is 0 Å². The first-order valence-electron chi connectivity index (χ1n) is 3.92. The maximum absolute atomic E-state index is 11.5. The molecule has 8 heteroatoms. The van der Waals surface area contributed by atoms with E-state index < -0.39 is 30.4 Å². The van der Waals surface area contributed by atoms with Gasteiger partial charge in [-0.3, -0.25) is 8.37 Å². The molecule has 84 valence electrons. The highest BCUT2D eigenvalue weighted by atomic mass is 32.3. The lowest BCUT2D eigenvalue weighted by atomic mass is 10.5. The summed E-state index contributed by atoms with van der Waals surface area (Å²) < 4.78 is 52.8. The van der Waals surface area contributed by atoms with Gasteiger partial charge in [0.15, 0.2) is 0 Å². The van der Waals surface area contributed by atoms with Gasteiger partial charge in [0.05, 0.1) is 12.7 Å². The van der Waals surface area contributed by atoms with Crippen LogP contribution in [0.1, 0.15) is 20.8 Å². The van der Waals surface area contributed by atoms with Crippen LogP contribution in [0.3, 0.4) is 0 Å². The number of hydrogen-bond donors (Lipinski definition) is 0. The molecule has 0 spiro atoms. The fourth-order valence-corrected chi connectivity index (χ4v) is 3.45. The highest BCUT2D eigenvalue weighted by Crippen LogP contribution is 2.30. The highest BCUT2D eigenvalue weighted by molar-refractivity contribution is 8.06. The Morgan fingerprint density at radius 1 is 1.14 bits per heavy atom. The number of rotatable bonds is 0. The minimum absolute atomic E-state index is 0.287. The van der Waals surface area contributed by atoms with Gasteiger partial charge in [0.25, 0.3) is 20.2 Å². The van der Waals surface area contributed by atoms with Crippen LogP contribution in [0.15, 0.2) is 0 Å². The molecular weight excluding hydrogens is 232 g/mol. The normalized spacial score (nSPS) is 34.6. The molecule has 0 aromatic heterocycles. The van der Waals surface area contributed by atoms with Gasteiger partial charge in [-0.2, -0.15) is 16.8 Å². The van der Waals surface area contributed by atoms with Crippen LogP contribution in [0.4, 0.5) is 0 Å². The summed E-state index contributed by atoms with van der Waals surface area (Å²) in [5, 5.41) is 0. The van der Waals surface area contributed by atoms with E-state index in [1.807, 2.05) is 0 Å². The van der Waals surface area contributed by atoms with Crippen LogP contribution < -0.4 is 0 Å². The van der Waals surface area contributed by atoms with Crippen molar-refractivity contribution in [1.82, 2.24) is 0 Å². The first kappa shape index (κ1) is 11.9. The zero-order chi connectivity index (χ0) is 11.2. The van der Waals surface area contributed by atoms with Crippen molar-refractivity contribution >= 4 is 20.2 Å². The Hall–Kier alpha value is -0.180. The van der Waals surface area contributed by atoms with Crippen molar-refractivity contribution in [3.63, 3.8) is 0 Å². The molecule has 0 aliphatic carbocycles. The Bertz CT molecular complexity index is 417. The molecule has 6 nitrogen and oxygen atoms in total. The van der Waals surface area contributed by atoms with Gasteiger partial charge in [0, 0.05) is 0 Å². The van der Waals surface area contributed by atoms with Gasteiger partial charge in [0.2, 0.25) is 4.08 Å². The minimum atomic E-state index is -4.17. The Labute approximate surface area is 83.5 Å². The molecule has 1 saturated heterocycles. The van der Waals surface area contributed by atoms with Crippen molar-refractivity contribution in [3.8, 4) is 0 Å². The number of hydrogen-bond acceptors (Lipinski definition) is 6. The van der Waals surface area contributed by atoms with E-state index in [0.717, 1.165) is 13.8 Å². The second-order valence-corrected chi connectivity index (χ2v) is 8.04. The van der Waals surface area contributed by atoms with E-state index in [2.05, 4.69) is 8.37 Å². The van der Waals surface area contributed by atoms with Crippen LogP contribution in [-0.2, 0) is 28.6 Å². The summed E-state index contributed by atoms with van der Waals surface area (Å²) in [6, 6.07) is 0. The third kappa shape index (κ3) is 1.67. The van der Waals surface area contributed by atoms with Crippen LogP contribution in [0.2, 0.25) is 0 Å². The summed E-state index contributed by atoms with van der Waals surface area (Å²) in [4.78, 5) is 0. The van der Waals surface area contributed by atoms with Gasteiger partial charge in [-0.15, -0.1) is 0 Å². The maximum Gasteiger partial charge on any atom is 0.289 e. The summed E-state index contributed by atoms with van der Waals surface area (Å²) in [5.74, 6) is 0. The molecule has 1 aliphatic rings. The quantitative estimate of drug-likeness (QED) is 0.549. The maximum atomic E-state index is 11.5. The lowest BCUT2D eigenvalue weighted by molar-refractivity contribution is 0.161. The van der Waals surface area contributed by atoms with E-state index in [-0.39, 0.29) is 6.61 Å². The standard InChI is InChI=1S/C6H12O6S2/c1-5-4-11-13(7,8)6(2,3)14(9,10)12-5/h5H,4H2,1-3H3. The molecule has 1 rings (SSSR count). The molecule has 0 aromatic rings. The lowest BCUT2D eigenvalue weighted by Gasteiger charge is -2.19. The average molecular weight is 244 g/mol. The summed E-state index contributed by atoms with van der Waals surface area (Å²) in [6.45, 7) is 3.21. The molecule has 1 fully saturated rings. The summed E-state index contributed by atoms with van der Waals surface area (Å²) in [6.07, 6.45) is -0.795. The van der Waals surface area contributed by atoms with Gasteiger partial charge < -0.3 is 0 Å². The molecule has 0 bridgehead atoms. The monoisotopic (exact) mass is 244 g/mol. The van der Waals surface area contributed by atoms with E-state index >= 15 is 0 Å². The van der Waals surface area contributed by atoms with Crippen LogP contribution >= 0.6 is 0 Å². The van der Waals surface area contributed by atoms with Gasteiger partial charge >= 0.3 is 0 Å². The fraction of sp³-hybridized carbons (Fsp3) is 1.00. The first-order valence-corrected chi connectivity index (χ1v) is 6.73. The smallest absolute Gasteiger partial charge is 0.266 e. The average Bonchev–Trinajstić information content (AvgIpc) is 2.02. The van der Waals surface area contributed by atoms with Crippen molar-refractivity contribution in [2.45, 2.75) is 31.0 Å². The van der Waals surface area contributed by atoms with E-state index in [1.54, 1.807) is 0 Å². The topological polar surface area (TPSA) is 86.7 Å². The van der Waals surface area contributed by atoms with Crippen LogP contribution in [0, 0.1) is 0 Å². The molecule has 1 atom stereocenters. The molecule has 0 saturated carbocycles. The van der Waals surface area contributed by atoms with Crippen LogP contribution in [0.25, 0.3) is 0 Å². The molecular formula is C6H12O6S2. The largest absolute Gasteiger partial charge is 0.289 e. The Kier molecular flexibility index (Phi) is 2.68. The lowest BCUT2D eigenvalue weighted by Crippen LogP contribution is -2.40. The Balaban J connectivity index is 3.36. The third-order valence-electron chi connectivity index (χ3n) is 1.95. The second kappa shape index (κ2) is 3.16. The van der Waals surface area contributed by atoms with Crippen molar-refractivity contribution in [1.29, 1.82) is 0 Å². The Morgan fingerprint density at radius 3 is 2.14 bits per heavy atom. The molecule has 1 unspecified atom stereocenters. The molecule has 0 amide bonds. The molecule has 0 aromatic carbocycles. The first-order chi connectivity index (χ1) is 6.10. The van der Waals surface area contributed by atoms with E-state index in [4.69, 9.17) is 0 Å². The zero-order valence-corrected chi connectivity index (χ0v) is 9.68. The fourth-order valence-electron chi connectivity index (χ4n) is 0.812. The predicted octanol–water partition coefficient (Wildman–Crippen LogP) is -0.183. The second-order valence-electron chi connectivity index (χ2n) is 3.50. The van der Waals surface area contributed by atoms with Gasteiger partial charge in [-0.05, 0) is 20.8 Å². The summed E-state index contributed by atoms with van der Waals surface area (Å²) >= 11 is 0. The van der Waals surface area contributed by atoms with Crippen LogP contribution in [0.5, 0.6) is 0 Å². The molecule has 0 N–H and O–H groups in total. The summed E-state index contributed by atoms with van der Waals surface area (Å²) in [5.41, 5.74) is 0. The third-order valence-corrected chi connectivity index (χ3v) is 6.61.